The smallest absolute Gasteiger partial charge is 0.374 e. The fourth-order valence-corrected chi connectivity index (χ4v) is 5.75. The molecule has 3 aliphatic rings. The highest BCUT2D eigenvalue weighted by Gasteiger charge is 2.30. The molecular weight excluding hydrogens is 432 g/mol. The number of nitrogens with one attached hydrogen (secondary N) is 1. The molecular formula is C25H38N6O3. The molecule has 186 valence electrons. The maximum atomic E-state index is 11.8. The first-order valence-electron chi connectivity index (χ1n) is 13.1. The summed E-state index contributed by atoms with van der Waals surface area (Å²) in [6, 6.07) is 0.226. The van der Waals surface area contributed by atoms with E-state index in [1.165, 1.54) is 51.4 Å². The number of carbonyl (C=O) groups is 1. The van der Waals surface area contributed by atoms with Crippen LogP contribution in [0.3, 0.4) is 0 Å². The monoisotopic (exact) mass is 470 g/mol. The van der Waals surface area contributed by atoms with Gasteiger partial charge < -0.3 is 24.6 Å². The highest BCUT2D eigenvalue weighted by molar-refractivity contribution is 5.91. The first-order valence-corrected chi connectivity index (χ1v) is 13.1. The molecule has 34 heavy (non-hydrogen) atoms. The Kier molecular flexibility index (Phi) is 6.90. The number of aromatic nitrogens is 4. The maximum Gasteiger partial charge on any atom is 0.374 e. The molecule has 1 aliphatic heterocycles. The van der Waals surface area contributed by atoms with E-state index in [2.05, 4.69) is 38.6 Å². The highest BCUT2D eigenvalue weighted by atomic mass is 16.5. The second-order valence-electron chi connectivity index (χ2n) is 10.4. The summed E-state index contributed by atoms with van der Waals surface area (Å²) in [5.74, 6) is 2.17. The summed E-state index contributed by atoms with van der Waals surface area (Å²) >= 11 is 0. The maximum absolute atomic E-state index is 11.8. The van der Waals surface area contributed by atoms with Crippen LogP contribution in [0.15, 0.2) is 0 Å². The van der Waals surface area contributed by atoms with Crippen molar-refractivity contribution in [3.63, 3.8) is 0 Å². The molecule has 1 saturated heterocycles. The highest BCUT2D eigenvalue weighted by Crippen LogP contribution is 2.36. The molecule has 0 unspecified atom stereocenters. The lowest BCUT2D eigenvalue weighted by Gasteiger charge is -2.33. The Balaban J connectivity index is 1.55. The lowest BCUT2D eigenvalue weighted by molar-refractivity contribution is 0.0684. The van der Waals surface area contributed by atoms with E-state index in [0.29, 0.717) is 36.5 Å². The summed E-state index contributed by atoms with van der Waals surface area (Å²) in [4.78, 5) is 27.9. The Bertz CT molecular complexity index is 1010. The number of nitrogens with zero attached hydrogens (tertiary/aromatic N) is 5. The van der Waals surface area contributed by atoms with Gasteiger partial charge in [0.25, 0.3) is 0 Å². The van der Waals surface area contributed by atoms with Crippen molar-refractivity contribution in [3.05, 3.63) is 5.82 Å². The molecule has 3 fully saturated rings. The molecule has 2 aromatic heterocycles. The first kappa shape index (κ1) is 23.3. The Hall–Kier alpha value is -2.42. The van der Waals surface area contributed by atoms with Crippen molar-refractivity contribution < 1.29 is 14.6 Å². The Morgan fingerprint density at radius 2 is 1.79 bits per heavy atom. The molecule has 9 nitrogen and oxygen atoms in total. The van der Waals surface area contributed by atoms with Crippen molar-refractivity contribution in [2.75, 3.05) is 36.5 Å². The summed E-state index contributed by atoms with van der Waals surface area (Å²) in [7, 11) is 0. The minimum Gasteiger partial charge on any atom is -0.475 e. The molecule has 0 bridgehead atoms. The van der Waals surface area contributed by atoms with Crippen LogP contribution in [0.2, 0.25) is 0 Å². The van der Waals surface area contributed by atoms with Crippen LogP contribution in [0.25, 0.3) is 11.2 Å². The number of anilines is 2. The fourth-order valence-electron chi connectivity index (χ4n) is 5.75. The van der Waals surface area contributed by atoms with E-state index in [9.17, 15) is 9.90 Å². The Morgan fingerprint density at radius 1 is 1.09 bits per heavy atom. The minimum absolute atomic E-state index is 0.197. The van der Waals surface area contributed by atoms with Crippen LogP contribution in [-0.4, -0.2) is 62.9 Å². The van der Waals surface area contributed by atoms with Gasteiger partial charge in [0.05, 0.1) is 13.2 Å². The lowest BCUT2D eigenvalue weighted by Crippen LogP contribution is -2.38. The number of carboxylic acids is 1. The number of morpholine rings is 1. The zero-order valence-electron chi connectivity index (χ0n) is 20.5. The molecule has 2 N–H and O–H groups in total. The second-order valence-corrected chi connectivity index (χ2v) is 10.4. The quantitative estimate of drug-likeness (QED) is 0.592. The molecule has 0 spiro atoms. The minimum atomic E-state index is -1.12. The van der Waals surface area contributed by atoms with E-state index >= 15 is 0 Å². The third kappa shape index (κ3) is 4.72. The van der Waals surface area contributed by atoms with Gasteiger partial charge in [-0.25, -0.2) is 14.8 Å². The number of ether oxygens (including phenoxy) is 1. The molecule has 0 aromatic carbocycles. The van der Waals surface area contributed by atoms with Crippen LogP contribution in [0, 0.1) is 17.8 Å². The van der Waals surface area contributed by atoms with Gasteiger partial charge in [-0.2, -0.15) is 4.98 Å². The second kappa shape index (κ2) is 10.1. The number of imidazole rings is 1. The average Bonchev–Trinajstić information content (AvgIpc) is 3.17. The lowest BCUT2D eigenvalue weighted by atomic mass is 9.80. The first-order chi connectivity index (χ1) is 16.5. The van der Waals surface area contributed by atoms with Gasteiger partial charge in [-0.15, -0.1) is 0 Å². The molecule has 3 heterocycles. The van der Waals surface area contributed by atoms with Crippen molar-refractivity contribution in [2.45, 2.75) is 77.8 Å². The van der Waals surface area contributed by atoms with E-state index in [0.717, 1.165) is 37.0 Å². The van der Waals surface area contributed by atoms with E-state index < -0.39 is 5.97 Å². The summed E-state index contributed by atoms with van der Waals surface area (Å²) < 4.78 is 7.86. The largest absolute Gasteiger partial charge is 0.475 e. The zero-order valence-corrected chi connectivity index (χ0v) is 20.5. The molecule has 0 amide bonds. The van der Waals surface area contributed by atoms with E-state index in [-0.39, 0.29) is 11.9 Å². The van der Waals surface area contributed by atoms with Crippen LogP contribution in [0.5, 0.6) is 0 Å². The number of fused-ring (bicyclic) bond motifs is 1. The molecule has 0 radical (unpaired) electrons. The van der Waals surface area contributed by atoms with Crippen molar-refractivity contribution in [3.8, 4) is 0 Å². The fraction of sp³-hybridized carbons (Fsp3) is 0.760. The van der Waals surface area contributed by atoms with Crippen molar-refractivity contribution in [1.29, 1.82) is 0 Å². The van der Waals surface area contributed by atoms with Gasteiger partial charge >= 0.3 is 5.97 Å². The summed E-state index contributed by atoms with van der Waals surface area (Å²) in [6.07, 6.45) is 9.93. The molecule has 2 saturated carbocycles. The van der Waals surface area contributed by atoms with Gasteiger partial charge in [0.2, 0.25) is 11.8 Å². The van der Waals surface area contributed by atoms with Crippen LogP contribution in [0.1, 0.15) is 75.8 Å². The summed E-state index contributed by atoms with van der Waals surface area (Å²) in [6.45, 7) is 8.21. The normalized spacial score (nSPS) is 24.7. The van der Waals surface area contributed by atoms with Gasteiger partial charge in [-0.05, 0) is 50.4 Å². The average molecular weight is 471 g/mol. The number of aromatic carboxylic acids is 1. The van der Waals surface area contributed by atoms with Gasteiger partial charge in [-0.3, -0.25) is 0 Å². The van der Waals surface area contributed by atoms with Crippen molar-refractivity contribution in [2.24, 2.45) is 17.8 Å². The van der Waals surface area contributed by atoms with Gasteiger partial charge in [0.1, 0.15) is 5.52 Å². The van der Waals surface area contributed by atoms with Crippen molar-refractivity contribution in [1.82, 2.24) is 19.5 Å². The molecule has 5 rings (SSSR count). The molecule has 1 atom stereocenters. The third-order valence-electron chi connectivity index (χ3n) is 8.27. The van der Waals surface area contributed by atoms with E-state index in [1.54, 1.807) is 0 Å². The number of hydrogen-bond donors (Lipinski definition) is 2. The van der Waals surface area contributed by atoms with Crippen LogP contribution in [0.4, 0.5) is 11.8 Å². The molecule has 2 aliphatic carbocycles. The molecule has 2 aromatic rings. The Morgan fingerprint density at radius 3 is 2.41 bits per heavy atom. The van der Waals surface area contributed by atoms with Gasteiger partial charge in [0.15, 0.2) is 11.5 Å². The van der Waals surface area contributed by atoms with Gasteiger partial charge in [0, 0.05) is 25.7 Å². The SMILES string of the molecule is CC[C@H]1CC[C@H](Cn2c(N3CCOCC3)nc3nc(C(=O)O)nc(N[C@H](C)C4CCC4)c32)CC1. The predicted octanol–water partition coefficient (Wildman–Crippen LogP) is 4.18. The summed E-state index contributed by atoms with van der Waals surface area (Å²) in [5, 5.41) is 13.3. The van der Waals surface area contributed by atoms with Crippen LogP contribution in [-0.2, 0) is 11.3 Å². The van der Waals surface area contributed by atoms with Crippen LogP contribution >= 0.6 is 0 Å². The van der Waals surface area contributed by atoms with E-state index in [4.69, 9.17) is 9.72 Å². The molecule has 9 heteroatoms. The number of rotatable bonds is 8. The predicted molar refractivity (Wildman–Crippen MR) is 131 cm³/mol. The third-order valence-corrected chi connectivity index (χ3v) is 8.27. The Labute approximate surface area is 201 Å². The number of carboxylic acid groups (broad SMARTS) is 1. The number of hydrogen-bond acceptors (Lipinski definition) is 7. The van der Waals surface area contributed by atoms with Crippen LogP contribution < -0.4 is 10.2 Å². The standard InChI is InChI=1S/C25H38N6O3/c1-3-17-7-9-18(10-8-17)15-31-20-21(26-16(2)19-5-4-6-19)27-23(24(32)33)28-22(20)29-25(31)30-11-13-34-14-12-30/h16-19H,3-15H2,1-2H3,(H,32,33)(H,26,27,28)/t16-,17-,18-/m1/s1. The zero-order chi connectivity index (χ0) is 23.7. The topological polar surface area (TPSA) is 105 Å². The van der Waals surface area contributed by atoms with E-state index in [1.807, 2.05) is 0 Å². The van der Waals surface area contributed by atoms with Gasteiger partial charge in [-0.1, -0.05) is 32.6 Å². The summed E-state index contributed by atoms with van der Waals surface area (Å²) in [5.41, 5.74) is 1.31. The van der Waals surface area contributed by atoms with Crippen molar-refractivity contribution >= 4 is 28.9 Å².